The summed E-state index contributed by atoms with van der Waals surface area (Å²) in [5.41, 5.74) is -0.154. The van der Waals surface area contributed by atoms with Crippen LogP contribution in [0.4, 0.5) is 4.79 Å². The molecule has 0 aromatic heterocycles. The average molecular weight is 596 g/mol. The highest BCUT2D eigenvalue weighted by Crippen LogP contribution is 2.43. The zero-order valence-corrected chi connectivity index (χ0v) is 27.7. The Bertz CT molecular complexity index is 981. The third-order valence-corrected chi connectivity index (χ3v) is 9.67. The van der Waals surface area contributed by atoms with Gasteiger partial charge in [0.15, 0.2) is 5.78 Å². The molecule has 6 heteroatoms. The molecule has 2 fully saturated rings. The molecule has 1 radical (unpaired) electrons. The summed E-state index contributed by atoms with van der Waals surface area (Å²) in [7, 11) is 0. The van der Waals surface area contributed by atoms with Gasteiger partial charge in [0.1, 0.15) is 11.6 Å². The van der Waals surface area contributed by atoms with Crippen molar-refractivity contribution in [2.24, 2.45) is 17.8 Å². The number of Topliss-reactive ketones (excluding diaryl/α,β-unsaturated/α-hetero) is 1. The van der Waals surface area contributed by atoms with E-state index in [1.54, 1.807) is 20.8 Å². The van der Waals surface area contributed by atoms with Crippen LogP contribution >= 0.6 is 0 Å². The van der Waals surface area contributed by atoms with E-state index < -0.39 is 29.2 Å². The lowest BCUT2D eigenvalue weighted by Crippen LogP contribution is -2.59. The lowest BCUT2D eigenvalue weighted by molar-refractivity contribution is -0.129. The van der Waals surface area contributed by atoms with Gasteiger partial charge in [0.2, 0.25) is 5.91 Å². The first-order valence-corrected chi connectivity index (χ1v) is 17.1. The Kier molecular flexibility index (Phi) is 13.6. The van der Waals surface area contributed by atoms with Crippen LogP contribution in [0.2, 0.25) is 0 Å². The maximum Gasteiger partial charge on any atom is 0.408 e. The van der Waals surface area contributed by atoms with Crippen LogP contribution in [0, 0.1) is 24.7 Å². The standard InChI is InChI=1S/C37H59N2O4/c1-27(2)26-32(38-35(42)43-36(4,5)6)34(41)39-33(28(3)40)37(31-20-14-9-15-21-31,24-22-29-16-10-7-11-17-29)25-23-30-18-12-8-13-19-30/h9,14-15,20-21,27,29-30,32-33H,3,7-8,10-13,16-19,22-26H2,1-2,4-6H3,(H,38,42)(H,39,41)/t32-,33+/m0/s1. The van der Waals surface area contributed by atoms with Gasteiger partial charge in [0.05, 0.1) is 6.04 Å². The Balaban J connectivity index is 1.97. The van der Waals surface area contributed by atoms with Crippen molar-refractivity contribution in [1.29, 1.82) is 0 Å². The molecule has 1 aromatic carbocycles. The number of rotatable bonds is 14. The van der Waals surface area contributed by atoms with Crippen molar-refractivity contribution in [1.82, 2.24) is 10.6 Å². The van der Waals surface area contributed by atoms with Gasteiger partial charge < -0.3 is 15.4 Å². The van der Waals surface area contributed by atoms with Gasteiger partial charge >= 0.3 is 6.09 Å². The predicted octanol–water partition coefficient (Wildman–Crippen LogP) is 8.47. The first-order chi connectivity index (χ1) is 20.4. The SMILES string of the molecule is [CH2]C(=O)[C@@H](NC(=O)[C@H](CC(C)C)NC(=O)OC(C)(C)C)C(CCC1CCCCC1)(CCC1CCCCC1)c1ccccc1. The fraction of sp³-hybridized carbons (Fsp3) is 0.730. The summed E-state index contributed by atoms with van der Waals surface area (Å²) in [5, 5.41) is 5.99. The minimum atomic E-state index is -0.818. The number of benzene rings is 1. The number of amides is 2. The molecule has 1 aromatic rings. The molecule has 2 aliphatic rings. The minimum absolute atomic E-state index is 0.149. The molecule has 2 N–H and O–H groups in total. The Hall–Kier alpha value is -2.37. The van der Waals surface area contributed by atoms with Crippen molar-refractivity contribution >= 4 is 17.8 Å². The Morgan fingerprint density at radius 1 is 0.837 bits per heavy atom. The molecular weight excluding hydrogens is 536 g/mol. The van der Waals surface area contributed by atoms with Crippen molar-refractivity contribution in [3.05, 3.63) is 42.8 Å². The molecule has 0 saturated heterocycles. The smallest absolute Gasteiger partial charge is 0.408 e. The van der Waals surface area contributed by atoms with Crippen molar-refractivity contribution in [3.8, 4) is 0 Å². The molecule has 0 bridgehead atoms. The zero-order valence-electron chi connectivity index (χ0n) is 27.7. The molecule has 3 rings (SSSR count). The second-order valence-corrected chi connectivity index (χ2v) is 14.8. The van der Waals surface area contributed by atoms with E-state index in [-0.39, 0.29) is 17.6 Å². The van der Waals surface area contributed by atoms with Crippen molar-refractivity contribution in [2.45, 2.75) is 154 Å². The molecule has 241 valence electrons. The molecular formula is C37H59N2O4. The molecule has 2 atom stereocenters. The van der Waals surface area contributed by atoms with Gasteiger partial charge in [-0.1, -0.05) is 108 Å². The molecule has 2 aliphatic carbocycles. The average Bonchev–Trinajstić information content (AvgIpc) is 2.96. The van der Waals surface area contributed by atoms with Gasteiger partial charge in [-0.25, -0.2) is 4.79 Å². The van der Waals surface area contributed by atoms with Crippen LogP contribution in [-0.4, -0.2) is 35.5 Å². The number of ether oxygens (including phenoxy) is 1. The predicted molar refractivity (Wildman–Crippen MR) is 175 cm³/mol. The van der Waals surface area contributed by atoms with Gasteiger partial charge in [-0.05, 0) is 76.2 Å². The summed E-state index contributed by atoms with van der Waals surface area (Å²) in [6.45, 7) is 13.4. The largest absolute Gasteiger partial charge is 0.444 e. The van der Waals surface area contributed by atoms with Crippen molar-refractivity contribution in [2.75, 3.05) is 0 Å². The van der Waals surface area contributed by atoms with Gasteiger partial charge in [0.25, 0.3) is 0 Å². The maximum absolute atomic E-state index is 14.0. The number of alkyl carbamates (subject to hydrolysis) is 1. The number of carbonyl (C=O) groups excluding carboxylic acids is 3. The fourth-order valence-corrected chi connectivity index (χ4v) is 7.44. The summed E-state index contributed by atoms with van der Waals surface area (Å²) in [4.78, 5) is 40.4. The quantitative estimate of drug-likeness (QED) is 0.226. The summed E-state index contributed by atoms with van der Waals surface area (Å²) >= 11 is 0. The summed E-state index contributed by atoms with van der Waals surface area (Å²) in [6, 6.07) is 8.77. The van der Waals surface area contributed by atoms with Gasteiger partial charge in [0, 0.05) is 12.3 Å². The normalized spacial score (nSPS) is 18.6. The van der Waals surface area contributed by atoms with E-state index in [0.29, 0.717) is 18.3 Å². The second kappa shape index (κ2) is 16.6. The molecule has 0 spiro atoms. The van der Waals surface area contributed by atoms with Crippen LogP contribution in [0.15, 0.2) is 30.3 Å². The van der Waals surface area contributed by atoms with Crippen LogP contribution in [0.25, 0.3) is 0 Å². The van der Waals surface area contributed by atoms with E-state index in [2.05, 4.69) is 29.7 Å². The van der Waals surface area contributed by atoms with Crippen LogP contribution in [0.1, 0.15) is 136 Å². The highest BCUT2D eigenvalue weighted by molar-refractivity contribution is 5.95. The third-order valence-electron chi connectivity index (χ3n) is 9.67. The molecule has 0 heterocycles. The minimum Gasteiger partial charge on any atom is -0.444 e. The monoisotopic (exact) mass is 595 g/mol. The van der Waals surface area contributed by atoms with Crippen molar-refractivity contribution < 1.29 is 19.1 Å². The first-order valence-electron chi connectivity index (χ1n) is 17.1. The van der Waals surface area contributed by atoms with Gasteiger partial charge in [-0.2, -0.15) is 0 Å². The van der Waals surface area contributed by atoms with E-state index >= 15 is 0 Å². The third kappa shape index (κ3) is 11.2. The molecule has 43 heavy (non-hydrogen) atoms. The Labute approximate surface area is 261 Å². The number of hydrogen-bond acceptors (Lipinski definition) is 4. The topological polar surface area (TPSA) is 84.5 Å². The van der Waals surface area contributed by atoms with Crippen LogP contribution in [0.3, 0.4) is 0 Å². The summed E-state index contributed by atoms with van der Waals surface area (Å²) in [6.07, 6.45) is 16.2. The Morgan fingerprint density at radius 2 is 1.35 bits per heavy atom. The molecule has 2 saturated carbocycles. The maximum atomic E-state index is 14.0. The molecule has 2 amide bonds. The van der Waals surface area contributed by atoms with Crippen LogP contribution in [0.5, 0.6) is 0 Å². The zero-order chi connectivity index (χ0) is 31.5. The van der Waals surface area contributed by atoms with E-state index in [9.17, 15) is 14.4 Å². The first kappa shape index (κ1) is 35.1. The summed E-state index contributed by atoms with van der Waals surface area (Å²) in [5.74, 6) is 0.814. The highest BCUT2D eigenvalue weighted by atomic mass is 16.6. The molecule has 6 nitrogen and oxygen atoms in total. The number of carbonyl (C=O) groups is 3. The number of hydrogen-bond donors (Lipinski definition) is 2. The van der Waals surface area contributed by atoms with Crippen LogP contribution in [-0.2, 0) is 19.7 Å². The van der Waals surface area contributed by atoms with Crippen molar-refractivity contribution in [3.63, 3.8) is 0 Å². The van der Waals surface area contributed by atoms with E-state index in [0.717, 1.165) is 31.2 Å². The fourth-order valence-electron chi connectivity index (χ4n) is 7.44. The number of ketones is 1. The lowest BCUT2D eigenvalue weighted by atomic mass is 9.64. The lowest BCUT2D eigenvalue weighted by Gasteiger charge is -2.43. The van der Waals surface area contributed by atoms with E-state index in [1.165, 1.54) is 64.2 Å². The van der Waals surface area contributed by atoms with Crippen LogP contribution < -0.4 is 10.6 Å². The second-order valence-electron chi connectivity index (χ2n) is 14.8. The van der Waals surface area contributed by atoms with Gasteiger partial charge in [-0.3, -0.25) is 9.59 Å². The highest BCUT2D eigenvalue weighted by Gasteiger charge is 2.45. The molecule has 0 unspecified atom stereocenters. The Morgan fingerprint density at radius 3 is 1.79 bits per heavy atom. The van der Waals surface area contributed by atoms with Gasteiger partial charge in [-0.15, -0.1) is 0 Å². The van der Waals surface area contributed by atoms with E-state index in [1.807, 2.05) is 32.0 Å². The van der Waals surface area contributed by atoms with E-state index in [4.69, 9.17) is 4.74 Å². The number of nitrogens with one attached hydrogen (secondary N) is 2. The summed E-state index contributed by atoms with van der Waals surface area (Å²) < 4.78 is 5.49. The molecule has 0 aliphatic heterocycles.